The molecule has 0 amide bonds. The van der Waals surface area contributed by atoms with Gasteiger partial charge in [0.25, 0.3) is 0 Å². The molecule has 0 aromatic carbocycles. The van der Waals surface area contributed by atoms with Gasteiger partial charge in [-0.1, -0.05) is 6.07 Å². The van der Waals surface area contributed by atoms with Crippen molar-refractivity contribution in [1.82, 2.24) is 4.98 Å². The van der Waals surface area contributed by atoms with Crippen LogP contribution in [-0.4, -0.2) is 24.4 Å². The summed E-state index contributed by atoms with van der Waals surface area (Å²) in [5.74, 6) is 1.21. The fourth-order valence-electron chi connectivity index (χ4n) is 2.12. The van der Waals surface area contributed by atoms with E-state index in [1.807, 2.05) is 12.3 Å². The van der Waals surface area contributed by atoms with Crippen LogP contribution in [0.4, 0.5) is 5.82 Å². The number of hydrogen-bond donors (Lipinski definition) is 0. The number of aryl methyl sites for hydroxylation is 1. The van der Waals surface area contributed by atoms with Gasteiger partial charge in [-0.05, 0) is 31.4 Å². The van der Waals surface area contributed by atoms with Crippen LogP contribution in [0.25, 0.3) is 0 Å². The maximum Gasteiger partial charge on any atom is 0.131 e. The first-order chi connectivity index (χ1) is 7.31. The highest BCUT2D eigenvalue weighted by atomic mass is 16.1. The molecule has 80 valence electrons. The first kappa shape index (κ1) is 10.1. The van der Waals surface area contributed by atoms with Gasteiger partial charge in [-0.3, -0.25) is 0 Å². The van der Waals surface area contributed by atoms with Crippen molar-refractivity contribution in [3.8, 4) is 0 Å². The molecule has 1 aliphatic rings. The van der Waals surface area contributed by atoms with Crippen molar-refractivity contribution < 1.29 is 4.79 Å². The molecule has 15 heavy (non-hydrogen) atoms. The zero-order valence-electron chi connectivity index (χ0n) is 9.02. The fraction of sp³-hybridized carbons (Fsp3) is 0.500. The van der Waals surface area contributed by atoms with Gasteiger partial charge in [-0.15, -0.1) is 0 Å². The van der Waals surface area contributed by atoms with E-state index in [0.717, 1.165) is 38.0 Å². The van der Waals surface area contributed by atoms with Crippen molar-refractivity contribution >= 4 is 12.1 Å². The van der Waals surface area contributed by atoms with Gasteiger partial charge in [0.1, 0.15) is 12.1 Å². The molecule has 0 saturated carbocycles. The van der Waals surface area contributed by atoms with Crippen molar-refractivity contribution in [2.24, 2.45) is 5.92 Å². The highest BCUT2D eigenvalue weighted by Gasteiger charge is 2.20. The Hall–Kier alpha value is -1.38. The number of nitrogens with zero attached hydrogens (tertiary/aromatic N) is 2. The number of carbonyl (C=O) groups excluding carboxylic acids is 1. The van der Waals surface area contributed by atoms with E-state index < -0.39 is 0 Å². The highest BCUT2D eigenvalue weighted by molar-refractivity contribution is 5.57. The summed E-state index contributed by atoms with van der Waals surface area (Å²) in [6.45, 7) is 3.90. The van der Waals surface area contributed by atoms with E-state index in [0.29, 0.717) is 0 Å². The number of aldehydes is 1. The monoisotopic (exact) mass is 204 g/mol. The molecule has 0 bridgehead atoms. The van der Waals surface area contributed by atoms with Gasteiger partial charge in [0, 0.05) is 25.2 Å². The molecule has 2 rings (SSSR count). The Balaban J connectivity index is 2.16. The number of carbonyl (C=O) groups is 1. The second kappa shape index (κ2) is 4.43. The summed E-state index contributed by atoms with van der Waals surface area (Å²) in [6.07, 6.45) is 4.99. The first-order valence-corrected chi connectivity index (χ1v) is 5.43. The van der Waals surface area contributed by atoms with Crippen LogP contribution in [0.3, 0.4) is 0 Å². The minimum absolute atomic E-state index is 0.181. The van der Waals surface area contributed by atoms with E-state index in [4.69, 9.17) is 0 Å². The van der Waals surface area contributed by atoms with Crippen LogP contribution in [0.1, 0.15) is 18.4 Å². The number of hydrogen-bond acceptors (Lipinski definition) is 3. The maximum absolute atomic E-state index is 10.8. The van der Waals surface area contributed by atoms with Crippen LogP contribution in [-0.2, 0) is 4.79 Å². The van der Waals surface area contributed by atoms with Crippen LogP contribution >= 0.6 is 0 Å². The first-order valence-electron chi connectivity index (χ1n) is 5.43. The molecular weight excluding hydrogens is 188 g/mol. The van der Waals surface area contributed by atoms with Crippen molar-refractivity contribution in [2.75, 3.05) is 18.0 Å². The van der Waals surface area contributed by atoms with Crippen molar-refractivity contribution in [2.45, 2.75) is 19.8 Å². The molecule has 1 unspecified atom stereocenters. The third-order valence-corrected chi connectivity index (χ3v) is 2.93. The van der Waals surface area contributed by atoms with Crippen LogP contribution in [0.5, 0.6) is 0 Å². The molecule has 1 aliphatic heterocycles. The quantitative estimate of drug-likeness (QED) is 0.689. The molecule has 1 fully saturated rings. The highest BCUT2D eigenvalue weighted by Crippen LogP contribution is 2.22. The molecule has 1 atom stereocenters. The van der Waals surface area contributed by atoms with E-state index in [-0.39, 0.29) is 5.92 Å². The normalized spacial score (nSPS) is 21.4. The Morgan fingerprint density at radius 2 is 2.47 bits per heavy atom. The number of anilines is 1. The average molecular weight is 204 g/mol. The van der Waals surface area contributed by atoms with E-state index >= 15 is 0 Å². The molecule has 0 aliphatic carbocycles. The van der Waals surface area contributed by atoms with Crippen LogP contribution in [0.2, 0.25) is 0 Å². The van der Waals surface area contributed by atoms with Crippen molar-refractivity contribution in [3.05, 3.63) is 23.9 Å². The van der Waals surface area contributed by atoms with Gasteiger partial charge >= 0.3 is 0 Å². The smallest absolute Gasteiger partial charge is 0.131 e. The van der Waals surface area contributed by atoms with Gasteiger partial charge in [-0.2, -0.15) is 0 Å². The summed E-state index contributed by atoms with van der Waals surface area (Å²) >= 11 is 0. The molecule has 3 nitrogen and oxygen atoms in total. The Kier molecular flexibility index (Phi) is 2.99. The molecule has 2 heterocycles. The molecule has 3 heteroatoms. The van der Waals surface area contributed by atoms with Gasteiger partial charge in [0.2, 0.25) is 0 Å². The van der Waals surface area contributed by atoms with Gasteiger partial charge in [-0.25, -0.2) is 4.98 Å². The number of pyridine rings is 1. The molecular formula is C12H16N2O. The molecule has 0 N–H and O–H groups in total. The standard InChI is InChI=1S/C12H16N2O/c1-10-4-2-6-13-12(10)14-7-3-5-11(8-14)9-15/h2,4,6,9,11H,3,5,7-8H2,1H3. The predicted molar refractivity (Wildman–Crippen MR) is 60.0 cm³/mol. The Morgan fingerprint density at radius 3 is 3.20 bits per heavy atom. The van der Waals surface area contributed by atoms with Gasteiger partial charge < -0.3 is 9.69 Å². The van der Waals surface area contributed by atoms with Crippen molar-refractivity contribution in [3.63, 3.8) is 0 Å². The fourth-order valence-corrected chi connectivity index (χ4v) is 2.12. The van der Waals surface area contributed by atoms with E-state index in [9.17, 15) is 4.79 Å². The van der Waals surface area contributed by atoms with Crippen LogP contribution in [0.15, 0.2) is 18.3 Å². The van der Waals surface area contributed by atoms with E-state index in [2.05, 4.69) is 22.9 Å². The van der Waals surface area contributed by atoms with E-state index in [1.165, 1.54) is 5.56 Å². The van der Waals surface area contributed by atoms with Crippen molar-refractivity contribution in [1.29, 1.82) is 0 Å². The zero-order valence-corrected chi connectivity index (χ0v) is 9.02. The number of piperidine rings is 1. The summed E-state index contributed by atoms with van der Waals surface area (Å²) < 4.78 is 0. The molecule has 1 aromatic rings. The minimum atomic E-state index is 0.181. The van der Waals surface area contributed by atoms with Crippen LogP contribution in [0, 0.1) is 12.8 Å². The predicted octanol–water partition coefficient (Wildman–Crippen LogP) is 1.81. The third kappa shape index (κ3) is 2.17. The van der Waals surface area contributed by atoms with Crippen LogP contribution < -0.4 is 4.90 Å². The largest absolute Gasteiger partial charge is 0.356 e. The number of aromatic nitrogens is 1. The van der Waals surface area contributed by atoms with E-state index in [1.54, 1.807) is 0 Å². The lowest BCUT2D eigenvalue weighted by molar-refractivity contribution is -0.111. The summed E-state index contributed by atoms with van der Waals surface area (Å²) in [6, 6.07) is 4.01. The van der Waals surface area contributed by atoms with Gasteiger partial charge in [0.05, 0.1) is 0 Å². The summed E-state index contributed by atoms with van der Waals surface area (Å²) in [7, 11) is 0. The summed E-state index contributed by atoms with van der Waals surface area (Å²) in [5.41, 5.74) is 1.18. The topological polar surface area (TPSA) is 33.2 Å². The number of rotatable bonds is 2. The molecule has 1 saturated heterocycles. The Bertz CT molecular complexity index is 351. The lowest BCUT2D eigenvalue weighted by Crippen LogP contribution is -2.36. The Morgan fingerprint density at radius 1 is 1.60 bits per heavy atom. The molecule has 1 aromatic heterocycles. The second-order valence-corrected chi connectivity index (χ2v) is 4.13. The lowest BCUT2D eigenvalue weighted by Gasteiger charge is -2.31. The maximum atomic E-state index is 10.8. The summed E-state index contributed by atoms with van der Waals surface area (Å²) in [5, 5.41) is 0. The average Bonchev–Trinajstić information content (AvgIpc) is 2.30. The second-order valence-electron chi connectivity index (χ2n) is 4.13. The molecule has 0 radical (unpaired) electrons. The molecule has 0 spiro atoms. The lowest BCUT2D eigenvalue weighted by atomic mass is 9.99. The zero-order chi connectivity index (χ0) is 10.7. The minimum Gasteiger partial charge on any atom is -0.356 e. The third-order valence-electron chi connectivity index (χ3n) is 2.93. The Labute approximate surface area is 90.1 Å². The summed E-state index contributed by atoms with van der Waals surface area (Å²) in [4.78, 5) is 17.4. The SMILES string of the molecule is Cc1cccnc1N1CCCC(C=O)C1. The van der Waals surface area contributed by atoms with Gasteiger partial charge in [0.15, 0.2) is 0 Å².